The monoisotopic (exact) mass is 508 g/mol. The fraction of sp³-hybridized carbons (Fsp3) is 0.556. The summed E-state index contributed by atoms with van der Waals surface area (Å²) in [4.78, 5) is 18.6. The van der Waals surface area contributed by atoms with Gasteiger partial charge in [0.2, 0.25) is 5.91 Å². The molecular formula is C18H26ClIN4O3. The van der Waals surface area contributed by atoms with Crippen LogP contribution in [0.15, 0.2) is 17.1 Å². The molecule has 1 aromatic carbocycles. The van der Waals surface area contributed by atoms with Gasteiger partial charge in [-0.25, -0.2) is 4.99 Å². The first-order valence-corrected chi connectivity index (χ1v) is 9.43. The molecular weight excluding hydrogens is 483 g/mol. The summed E-state index contributed by atoms with van der Waals surface area (Å²) in [6.07, 6.45) is 2.18. The number of benzene rings is 1. The van der Waals surface area contributed by atoms with Gasteiger partial charge in [0, 0.05) is 19.6 Å². The Morgan fingerprint density at radius 1 is 1.22 bits per heavy atom. The first-order valence-electron chi connectivity index (χ1n) is 9.05. The van der Waals surface area contributed by atoms with E-state index in [4.69, 9.17) is 21.1 Å². The van der Waals surface area contributed by atoms with E-state index in [9.17, 15) is 4.79 Å². The number of likely N-dealkylation sites (tertiary alicyclic amines) is 1. The SMILES string of the molecule is CCNC(=NCc1cc(Cl)c2c(c1)OCCO2)NCC(=O)N1CCCC1.I. The number of fused-ring (bicyclic) bond motifs is 1. The first kappa shape index (κ1) is 21.9. The summed E-state index contributed by atoms with van der Waals surface area (Å²) >= 11 is 6.26. The van der Waals surface area contributed by atoms with E-state index in [0.29, 0.717) is 48.8 Å². The molecule has 2 N–H and O–H groups in total. The lowest BCUT2D eigenvalue weighted by atomic mass is 10.2. The summed E-state index contributed by atoms with van der Waals surface area (Å²) in [7, 11) is 0. The lowest BCUT2D eigenvalue weighted by Gasteiger charge is -2.20. The number of nitrogens with zero attached hydrogens (tertiary/aromatic N) is 2. The van der Waals surface area contributed by atoms with Crippen molar-refractivity contribution in [2.24, 2.45) is 4.99 Å². The molecule has 0 bridgehead atoms. The molecule has 1 aromatic rings. The van der Waals surface area contributed by atoms with E-state index in [1.54, 1.807) is 0 Å². The van der Waals surface area contributed by atoms with E-state index in [2.05, 4.69) is 15.6 Å². The molecule has 1 saturated heterocycles. The normalized spacial score (nSPS) is 15.9. The van der Waals surface area contributed by atoms with E-state index in [1.807, 2.05) is 24.0 Å². The van der Waals surface area contributed by atoms with Crippen LogP contribution in [0.25, 0.3) is 0 Å². The molecule has 2 aliphatic rings. The smallest absolute Gasteiger partial charge is 0.241 e. The molecule has 1 fully saturated rings. The highest BCUT2D eigenvalue weighted by molar-refractivity contribution is 14.0. The number of hydrogen-bond acceptors (Lipinski definition) is 4. The molecule has 9 heteroatoms. The van der Waals surface area contributed by atoms with Crippen LogP contribution in [-0.4, -0.2) is 56.2 Å². The van der Waals surface area contributed by atoms with Crippen molar-refractivity contribution >= 4 is 47.4 Å². The van der Waals surface area contributed by atoms with Crippen molar-refractivity contribution in [3.8, 4) is 11.5 Å². The van der Waals surface area contributed by atoms with Gasteiger partial charge in [0.25, 0.3) is 0 Å². The fourth-order valence-corrected chi connectivity index (χ4v) is 3.29. The van der Waals surface area contributed by atoms with E-state index in [1.165, 1.54) is 0 Å². The first-order chi connectivity index (χ1) is 12.7. The highest BCUT2D eigenvalue weighted by atomic mass is 127. The minimum absolute atomic E-state index is 0. The summed E-state index contributed by atoms with van der Waals surface area (Å²) in [5.74, 6) is 1.95. The Hall–Kier alpha value is -1.42. The lowest BCUT2D eigenvalue weighted by molar-refractivity contribution is -0.128. The number of halogens is 2. The standard InChI is InChI=1S/C18H25ClN4O3.HI/c1-2-20-18(22-12-16(24)23-5-3-4-6-23)21-11-13-9-14(19)17-15(10-13)25-7-8-26-17;/h9-10H,2-8,11-12H2,1H3,(H2,20,21,22);1H. The van der Waals surface area contributed by atoms with E-state index >= 15 is 0 Å². The van der Waals surface area contributed by atoms with Crippen LogP contribution in [0.5, 0.6) is 11.5 Å². The van der Waals surface area contributed by atoms with Crippen molar-refractivity contribution in [2.45, 2.75) is 26.3 Å². The molecule has 0 atom stereocenters. The summed E-state index contributed by atoms with van der Waals surface area (Å²) in [6, 6.07) is 3.72. The summed E-state index contributed by atoms with van der Waals surface area (Å²) < 4.78 is 11.1. The molecule has 0 unspecified atom stereocenters. The number of aliphatic imine (C=N–C) groups is 1. The molecule has 7 nitrogen and oxygen atoms in total. The van der Waals surface area contributed by atoms with Gasteiger partial charge < -0.3 is 25.0 Å². The number of ether oxygens (including phenoxy) is 2. The zero-order chi connectivity index (χ0) is 18.4. The molecule has 2 heterocycles. The largest absolute Gasteiger partial charge is 0.486 e. The molecule has 0 spiro atoms. The second-order valence-electron chi connectivity index (χ2n) is 6.24. The number of carbonyl (C=O) groups is 1. The third-order valence-corrected chi connectivity index (χ3v) is 4.57. The van der Waals surface area contributed by atoms with Crippen molar-refractivity contribution in [3.63, 3.8) is 0 Å². The summed E-state index contributed by atoms with van der Waals surface area (Å²) in [5.41, 5.74) is 0.919. The van der Waals surface area contributed by atoms with Crippen molar-refractivity contribution in [3.05, 3.63) is 22.7 Å². The topological polar surface area (TPSA) is 75.2 Å². The molecule has 0 aliphatic carbocycles. The van der Waals surface area contributed by atoms with Crippen LogP contribution in [0.3, 0.4) is 0 Å². The number of carbonyl (C=O) groups excluding carboxylic acids is 1. The van der Waals surface area contributed by atoms with Crippen molar-refractivity contribution in [1.29, 1.82) is 0 Å². The second-order valence-corrected chi connectivity index (χ2v) is 6.65. The zero-order valence-corrected chi connectivity index (χ0v) is 18.5. The molecule has 1 amide bonds. The Balaban J connectivity index is 0.00000261. The van der Waals surface area contributed by atoms with Crippen LogP contribution in [-0.2, 0) is 11.3 Å². The molecule has 0 radical (unpaired) electrons. The summed E-state index contributed by atoms with van der Waals surface area (Å²) in [5, 5.41) is 6.78. The maximum atomic E-state index is 12.2. The van der Waals surface area contributed by atoms with E-state index < -0.39 is 0 Å². The Morgan fingerprint density at radius 2 is 1.96 bits per heavy atom. The minimum Gasteiger partial charge on any atom is -0.486 e. The number of guanidine groups is 1. The van der Waals surface area contributed by atoms with Crippen LogP contribution >= 0.6 is 35.6 Å². The van der Waals surface area contributed by atoms with Gasteiger partial charge in [-0.05, 0) is 37.5 Å². The summed E-state index contributed by atoms with van der Waals surface area (Å²) in [6.45, 7) is 6.08. The lowest BCUT2D eigenvalue weighted by Crippen LogP contribution is -2.44. The van der Waals surface area contributed by atoms with Gasteiger partial charge in [-0.2, -0.15) is 0 Å². The Bertz CT molecular complexity index is 681. The number of rotatable bonds is 5. The molecule has 0 aromatic heterocycles. The van der Waals surface area contributed by atoms with Crippen LogP contribution in [0.1, 0.15) is 25.3 Å². The Morgan fingerprint density at radius 3 is 2.70 bits per heavy atom. The third-order valence-electron chi connectivity index (χ3n) is 4.29. The van der Waals surface area contributed by atoms with Gasteiger partial charge in [-0.3, -0.25) is 4.79 Å². The van der Waals surface area contributed by atoms with Gasteiger partial charge in [0.1, 0.15) is 13.2 Å². The predicted molar refractivity (Wildman–Crippen MR) is 116 cm³/mol. The molecule has 27 heavy (non-hydrogen) atoms. The Labute approximate surface area is 181 Å². The van der Waals surface area contributed by atoms with Crippen molar-refractivity contribution in [2.75, 3.05) is 39.4 Å². The molecule has 3 rings (SSSR count). The van der Waals surface area contributed by atoms with Crippen LogP contribution in [0.2, 0.25) is 5.02 Å². The zero-order valence-electron chi connectivity index (χ0n) is 15.4. The van der Waals surface area contributed by atoms with E-state index in [0.717, 1.165) is 31.5 Å². The predicted octanol–water partition coefficient (Wildman–Crippen LogP) is 2.41. The van der Waals surface area contributed by atoms with Crippen molar-refractivity contribution in [1.82, 2.24) is 15.5 Å². The van der Waals surface area contributed by atoms with Crippen LogP contribution < -0.4 is 20.1 Å². The number of hydrogen-bond donors (Lipinski definition) is 2. The average Bonchev–Trinajstić information content (AvgIpc) is 3.19. The van der Waals surface area contributed by atoms with Gasteiger partial charge >= 0.3 is 0 Å². The average molecular weight is 509 g/mol. The van der Waals surface area contributed by atoms with Crippen molar-refractivity contribution < 1.29 is 14.3 Å². The van der Waals surface area contributed by atoms with Crippen LogP contribution in [0, 0.1) is 0 Å². The highest BCUT2D eigenvalue weighted by Gasteiger charge is 2.18. The van der Waals surface area contributed by atoms with Crippen LogP contribution in [0.4, 0.5) is 0 Å². The molecule has 150 valence electrons. The number of amides is 1. The Kier molecular flexibility index (Phi) is 8.75. The maximum absolute atomic E-state index is 12.2. The quantitative estimate of drug-likeness (QED) is 0.363. The number of nitrogens with one attached hydrogen (secondary N) is 2. The minimum atomic E-state index is 0. The second kappa shape index (κ2) is 10.8. The maximum Gasteiger partial charge on any atom is 0.241 e. The van der Waals surface area contributed by atoms with Gasteiger partial charge in [0.15, 0.2) is 17.5 Å². The fourth-order valence-electron chi connectivity index (χ4n) is 3.01. The third kappa shape index (κ3) is 6.03. The highest BCUT2D eigenvalue weighted by Crippen LogP contribution is 2.38. The molecule has 0 saturated carbocycles. The molecule has 2 aliphatic heterocycles. The van der Waals surface area contributed by atoms with Gasteiger partial charge in [0.05, 0.1) is 18.1 Å². The van der Waals surface area contributed by atoms with E-state index in [-0.39, 0.29) is 36.4 Å². The van der Waals surface area contributed by atoms with Gasteiger partial charge in [-0.1, -0.05) is 11.6 Å². The van der Waals surface area contributed by atoms with Gasteiger partial charge in [-0.15, -0.1) is 24.0 Å².